The van der Waals surface area contributed by atoms with Gasteiger partial charge in [-0.05, 0) is 44.2 Å². The van der Waals surface area contributed by atoms with Crippen molar-refractivity contribution in [3.05, 3.63) is 22.5 Å². The summed E-state index contributed by atoms with van der Waals surface area (Å²) in [5, 5.41) is 0. The maximum absolute atomic E-state index is 11.6. The Bertz CT molecular complexity index is 366. The molecule has 1 aromatic heterocycles. The number of ether oxygens (including phenoxy) is 1. The molecular formula is C11H15NO2. The number of H-pyrrole nitrogens is 1. The average Bonchev–Trinajstić information content (AvgIpc) is 2.70. The Kier molecular flexibility index (Phi) is 2.32. The van der Waals surface area contributed by atoms with Crippen LogP contribution in [0.4, 0.5) is 0 Å². The predicted octanol–water partition coefficient (Wildman–Crippen LogP) is 1.99. The van der Waals surface area contributed by atoms with E-state index in [0.29, 0.717) is 12.3 Å². The zero-order valence-electron chi connectivity index (χ0n) is 8.64. The Labute approximate surface area is 83.5 Å². The largest absolute Gasteiger partial charge is 0.461 e. The molecule has 0 spiro atoms. The molecule has 0 aliphatic heterocycles. The van der Waals surface area contributed by atoms with Crippen molar-refractivity contribution in [2.75, 3.05) is 6.61 Å². The molecule has 0 atom stereocenters. The maximum atomic E-state index is 11.6. The highest BCUT2D eigenvalue weighted by Crippen LogP contribution is 2.28. The van der Waals surface area contributed by atoms with Crippen molar-refractivity contribution in [2.24, 2.45) is 0 Å². The SMILES string of the molecule is CCOC(=O)c1[nH]c(C)c2c1CCC2. The Hall–Kier alpha value is -1.25. The standard InChI is InChI=1S/C11H15NO2/c1-3-14-11(13)10-9-6-4-5-8(9)7(2)12-10/h12H,3-6H2,1-2H3. The minimum atomic E-state index is -0.209. The molecule has 0 saturated heterocycles. The zero-order chi connectivity index (χ0) is 10.1. The van der Waals surface area contributed by atoms with Gasteiger partial charge in [0.2, 0.25) is 0 Å². The van der Waals surface area contributed by atoms with Crippen LogP contribution in [0.5, 0.6) is 0 Å². The minimum absolute atomic E-state index is 0.209. The number of carbonyl (C=O) groups is 1. The van der Waals surface area contributed by atoms with E-state index in [1.54, 1.807) is 0 Å². The van der Waals surface area contributed by atoms with E-state index in [4.69, 9.17) is 4.74 Å². The summed E-state index contributed by atoms with van der Waals surface area (Å²) in [6.45, 7) is 4.28. The predicted molar refractivity (Wildman–Crippen MR) is 53.5 cm³/mol. The first-order valence-corrected chi connectivity index (χ1v) is 5.11. The van der Waals surface area contributed by atoms with Crippen LogP contribution in [0.15, 0.2) is 0 Å². The molecule has 1 aliphatic rings. The van der Waals surface area contributed by atoms with Gasteiger partial charge in [0.1, 0.15) is 5.69 Å². The number of esters is 1. The Morgan fingerprint density at radius 1 is 1.43 bits per heavy atom. The van der Waals surface area contributed by atoms with Gasteiger partial charge in [0.15, 0.2) is 0 Å². The van der Waals surface area contributed by atoms with Crippen LogP contribution in [0.25, 0.3) is 0 Å². The minimum Gasteiger partial charge on any atom is -0.461 e. The van der Waals surface area contributed by atoms with E-state index >= 15 is 0 Å². The summed E-state index contributed by atoms with van der Waals surface area (Å²) >= 11 is 0. The summed E-state index contributed by atoms with van der Waals surface area (Å²) in [5.41, 5.74) is 4.31. The molecule has 0 saturated carbocycles. The van der Waals surface area contributed by atoms with Crippen molar-refractivity contribution in [1.29, 1.82) is 0 Å². The van der Waals surface area contributed by atoms with Gasteiger partial charge >= 0.3 is 5.97 Å². The van der Waals surface area contributed by atoms with Gasteiger partial charge < -0.3 is 9.72 Å². The molecule has 1 N–H and O–H groups in total. The fourth-order valence-electron chi connectivity index (χ4n) is 2.15. The molecule has 0 aromatic carbocycles. The van der Waals surface area contributed by atoms with Gasteiger partial charge in [0.25, 0.3) is 0 Å². The monoisotopic (exact) mass is 193 g/mol. The lowest BCUT2D eigenvalue weighted by molar-refractivity contribution is 0.0519. The fraction of sp³-hybridized carbons (Fsp3) is 0.545. The van der Waals surface area contributed by atoms with Crippen LogP contribution in [0, 0.1) is 6.92 Å². The van der Waals surface area contributed by atoms with Crippen LogP contribution in [-0.2, 0) is 17.6 Å². The molecule has 14 heavy (non-hydrogen) atoms. The zero-order valence-corrected chi connectivity index (χ0v) is 8.64. The van der Waals surface area contributed by atoms with Crippen molar-refractivity contribution in [3.63, 3.8) is 0 Å². The van der Waals surface area contributed by atoms with Crippen molar-refractivity contribution < 1.29 is 9.53 Å². The summed E-state index contributed by atoms with van der Waals surface area (Å²) in [7, 11) is 0. The number of aryl methyl sites for hydroxylation is 1. The van der Waals surface area contributed by atoms with Gasteiger partial charge in [0, 0.05) is 5.69 Å². The van der Waals surface area contributed by atoms with E-state index in [0.717, 1.165) is 25.0 Å². The van der Waals surface area contributed by atoms with Gasteiger partial charge in [-0.3, -0.25) is 0 Å². The topological polar surface area (TPSA) is 42.1 Å². The lowest BCUT2D eigenvalue weighted by Crippen LogP contribution is -2.07. The van der Waals surface area contributed by atoms with E-state index in [1.165, 1.54) is 11.1 Å². The first-order chi connectivity index (χ1) is 6.74. The molecule has 1 aliphatic carbocycles. The number of carbonyl (C=O) groups excluding carboxylic acids is 1. The fourth-order valence-corrected chi connectivity index (χ4v) is 2.15. The first-order valence-electron chi connectivity index (χ1n) is 5.11. The lowest BCUT2D eigenvalue weighted by Gasteiger charge is -2.00. The van der Waals surface area contributed by atoms with Gasteiger partial charge in [-0.2, -0.15) is 0 Å². The van der Waals surface area contributed by atoms with Gasteiger partial charge in [-0.1, -0.05) is 0 Å². The van der Waals surface area contributed by atoms with E-state index in [1.807, 2.05) is 13.8 Å². The quantitative estimate of drug-likeness (QED) is 0.730. The van der Waals surface area contributed by atoms with Crippen LogP contribution >= 0.6 is 0 Å². The van der Waals surface area contributed by atoms with Crippen LogP contribution in [0.3, 0.4) is 0 Å². The number of nitrogens with one attached hydrogen (secondary N) is 1. The number of aromatic nitrogens is 1. The molecule has 0 radical (unpaired) electrons. The highest BCUT2D eigenvalue weighted by atomic mass is 16.5. The molecule has 0 unspecified atom stereocenters. The molecule has 3 nitrogen and oxygen atoms in total. The number of fused-ring (bicyclic) bond motifs is 1. The van der Waals surface area contributed by atoms with Gasteiger partial charge in [-0.15, -0.1) is 0 Å². The summed E-state index contributed by atoms with van der Waals surface area (Å²) in [6, 6.07) is 0. The third-order valence-corrected chi connectivity index (χ3v) is 2.76. The molecule has 0 amide bonds. The molecule has 76 valence electrons. The lowest BCUT2D eigenvalue weighted by atomic mass is 10.1. The van der Waals surface area contributed by atoms with Gasteiger partial charge in [0.05, 0.1) is 6.61 Å². The van der Waals surface area contributed by atoms with Crippen LogP contribution in [0.1, 0.15) is 40.7 Å². The Balaban J connectivity index is 2.35. The molecule has 3 heteroatoms. The second-order valence-electron chi connectivity index (χ2n) is 3.66. The molecule has 1 heterocycles. The second kappa shape index (κ2) is 3.48. The molecule has 2 rings (SSSR count). The van der Waals surface area contributed by atoms with E-state index in [-0.39, 0.29) is 5.97 Å². The molecule has 0 bridgehead atoms. The van der Waals surface area contributed by atoms with E-state index in [9.17, 15) is 4.79 Å². The van der Waals surface area contributed by atoms with Crippen molar-refractivity contribution in [3.8, 4) is 0 Å². The third kappa shape index (κ3) is 1.33. The van der Waals surface area contributed by atoms with Crippen molar-refractivity contribution >= 4 is 5.97 Å². The number of hydrogen-bond donors (Lipinski definition) is 1. The molecule has 1 aromatic rings. The van der Waals surface area contributed by atoms with Crippen molar-refractivity contribution in [2.45, 2.75) is 33.1 Å². The summed E-state index contributed by atoms with van der Waals surface area (Å²) in [5.74, 6) is -0.209. The highest BCUT2D eigenvalue weighted by molar-refractivity contribution is 5.90. The number of rotatable bonds is 2. The number of hydrogen-bond acceptors (Lipinski definition) is 2. The molecule has 0 fully saturated rings. The molecular weight excluding hydrogens is 178 g/mol. The average molecular weight is 193 g/mol. The summed E-state index contributed by atoms with van der Waals surface area (Å²) in [6.07, 6.45) is 3.26. The van der Waals surface area contributed by atoms with Crippen LogP contribution in [0.2, 0.25) is 0 Å². The van der Waals surface area contributed by atoms with Crippen molar-refractivity contribution in [1.82, 2.24) is 4.98 Å². The van der Waals surface area contributed by atoms with Crippen LogP contribution < -0.4 is 0 Å². The maximum Gasteiger partial charge on any atom is 0.355 e. The highest BCUT2D eigenvalue weighted by Gasteiger charge is 2.24. The summed E-state index contributed by atoms with van der Waals surface area (Å²) in [4.78, 5) is 14.7. The second-order valence-corrected chi connectivity index (χ2v) is 3.66. The third-order valence-electron chi connectivity index (χ3n) is 2.76. The van der Waals surface area contributed by atoms with Crippen LogP contribution in [-0.4, -0.2) is 17.6 Å². The first kappa shape index (κ1) is 9.31. The Morgan fingerprint density at radius 3 is 2.86 bits per heavy atom. The summed E-state index contributed by atoms with van der Waals surface area (Å²) < 4.78 is 5.00. The smallest absolute Gasteiger partial charge is 0.355 e. The van der Waals surface area contributed by atoms with E-state index < -0.39 is 0 Å². The normalized spacial score (nSPS) is 14.1. The van der Waals surface area contributed by atoms with Gasteiger partial charge in [-0.25, -0.2) is 4.79 Å². The Morgan fingerprint density at radius 2 is 2.14 bits per heavy atom. The number of aromatic amines is 1. The van der Waals surface area contributed by atoms with E-state index in [2.05, 4.69) is 4.98 Å².